The maximum absolute atomic E-state index is 14.0. The summed E-state index contributed by atoms with van der Waals surface area (Å²) in [6, 6.07) is 22.8. The quantitative estimate of drug-likeness (QED) is 0.427. The highest BCUT2D eigenvalue weighted by Gasteiger charge is 2.42. The van der Waals surface area contributed by atoms with E-state index in [0.717, 1.165) is 33.9 Å². The maximum Gasteiger partial charge on any atom is 0.227 e. The monoisotopic (exact) mass is 496 g/mol. The number of para-hydroxylation sites is 3. The first kappa shape index (κ1) is 24.6. The molecule has 6 nitrogen and oxygen atoms in total. The Morgan fingerprint density at radius 3 is 2.43 bits per heavy atom. The Hall–Kier alpha value is -4.06. The SMILES string of the molecule is CCOc1ccccc1[C@@H]1C2=C(C[C@@H](c3ccc(OC)cc3)CC2=O)Nc2ccccc2N1C(=O)CC. The summed E-state index contributed by atoms with van der Waals surface area (Å²) in [5.74, 6) is 1.47. The van der Waals surface area contributed by atoms with Crippen molar-refractivity contribution in [3.63, 3.8) is 0 Å². The van der Waals surface area contributed by atoms with Gasteiger partial charge in [0.15, 0.2) is 5.78 Å². The molecule has 1 N–H and O–H groups in total. The smallest absolute Gasteiger partial charge is 0.227 e. The summed E-state index contributed by atoms with van der Waals surface area (Å²) in [5, 5.41) is 3.57. The van der Waals surface area contributed by atoms with Crippen molar-refractivity contribution in [2.45, 2.75) is 45.1 Å². The molecule has 0 radical (unpaired) electrons. The fourth-order valence-electron chi connectivity index (χ4n) is 5.44. The molecule has 0 fully saturated rings. The van der Waals surface area contributed by atoms with Crippen LogP contribution in [0.3, 0.4) is 0 Å². The average Bonchev–Trinajstić information content (AvgIpc) is 3.08. The second-order valence-corrected chi connectivity index (χ2v) is 9.33. The molecule has 0 saturated carbocycles. The van der Waals surface area contributed by atoms with Crippen LogP contribution in [0.25, 0.3) is 0 Å². The number of nitrogens with zero attached hydrogens (tertiary/aromatic N) is 1. The van der Waals surface area contributed by atoms with Gasteiger partial charge in [0.25, 0.3) is 0 Å². The summed E-state index contributed by atoms with van der Waals surface area (Å²) in [6.45, 7) is 4.28. The molecule has 1 amide bonds. The number of hydrogen-bond donors (Lipinski definition) is 1. The van der Waals surface area contributed by atoms with E-state index >= 15 is 0 Å². The second-order valence-electron chi connectivity index (χ2n) is 9.33. The van der Waals surface area contributed by atoms with Gasteiger partial charge in [0.05, 0.1) is 31.1 Å². The largest absolute Gasteiger partial charge is 0.497 e. The predicted octanol–water partition coefficient (Wildman–Crippen LogP) is 6.40. The second kappa shape index (κ2) is 10.5. The lowest BCUT2D eigenvalue weighted by Gasteiger charge is -2.35. The number of benzene rings is 3. The molecule has 2 aliphatic rings. The van der Waals surface area contributed by atoms with Crippen LogP contribution in [0.1, 0.15) is 56.2 Å². The van der Waals surface area contributed by atoms with E-state index in [-0.39, 0.29) is 17.6 Å². The zero-order valence-electron chi connectivity index (χ0n) is 21.5. The number of allylic oxidation sites excluding steroid dienone is 1. The summed E-state index contributed by atoms with van der Waals surface area (Å²) in [5.41, 5.74) is 4.97. The Labute approximate surface area is 217 Å². The molecule has 190 valence electrons. The zero-order valence-corrected chi connectivity index (χ0v) is 21.5. The third-order valence-electron chi connectivity index (χ3n) is 7.16. The Balaban J connectivity index is 1.70. The lowest BCUT2D eigenvalue weighted by Crippen LogP contribution is -2.38. The predicted molar refractivity (Wildman–Crippen MR) is 145 cm³/mol. The molecule has 3 aromatic rings. The minimum atomic E-state index is -0.592. The summed E-state index contributed by atoms with van der Waals surface area (Å²) in [4.78, 5) is 29.4. The van der Waals surface area contributed by atoms with Gasteiger partial charge in [-0.05, 0) is 55.2 Å². The van der Waals surface area contributed by atoms with Gasteiger partial charge >= 0.3 is 0 Å². The van der Waals surface area contributed by atoms with Crippen LogP contribution in [0, 0.1) is 0 Å². The number of hydrogen-bond acceptors (Lipinski definition) is 5. The molecule has 37 heavy (non-hydrogen) atoms. The van der Waals surface area contributed by atoms with Gasteiger partial charge in [-0.2, -0.15) is 0 Å². The lowest BCUT2D eigenvalue weighted by molar-refractivity contribution is -0.119. The van der Waals surface area contributed by atoms with Crippen molar-refractivity contribution in [3.8, 4) is 11.5 Å². The highest BCUT2D eigenvalue weighted by atomic mass is 16.5. The van der Waals surface area contributed by atoms with Crippen LogP contribution < -0.4 is 19.7 Å². The van der Waals surface area contributed by atoms with Crippen LogP contribution in [0.5, 0.6) is 11.5 Å². The van der Waals surface area contributed by atoms with Crippen LogP contribution in [0.15, 0.2) is 84.1 Å². The Morgan fingerprint density at radius 1 is 0.973 bits per heavy atom. The first-order valence-corrected chi connectivity index (χ1v) is 12.9. The molecule has 2 atom stereocenters. The Kier molecular flexibility index (Phi) is 6.99. The number of ketones is 1. The number of ether oxygens (including phenoxy) is 2. The van der Waals surface area contributed by atoms with E-state index in [0.29, 0.717) is 37.2 Å². The standard InChI is InChI=1S/C31H32N2O4/c1-4-29(35)33-26-12-8-7-11-24(26)32-25-18-21(20-14-16-22(36-3)17-15-20)19-27(34)30(25)31(33)23-10-6-9-13-28(23)37-5-2/h6-17,21,31-32H,4-5,18-19H2,1-3H3/t21-,31-/m1/s1. The molecular weight excluding hydrogens is 464 g/mol. The van der Waals surface area contributed by atoms with Crippen molar-refractivity contribution >= 4 is 23.1 Å². The topological polar surface area (TPSA) is 67.9 Å². The van der Waals surface area contributed by atoms with Crippen LogP contribution >= 0.6 is 0 Å². The molecule has 0 aromatic heterocycles. The molecule has 6 heteroatoms. The Bertz CT molecular complexity index is 1350. The first-order valence-electron chi connectivity index (χ1n) is 12.9. The third kappa shape index (κ3) is 4.59. The highest BCUT2D eigenvalue weighted by Crippen LogP contribution is 2.49. The van der Waals surface area contributed by atoms with Crippen molar-refractivity contribution in [3.05, 3.63) is 95.2 Å². The van der Waals surface area contributed by atoms with E-state index < -0.39 is 6.04 Å². The number of fused-ring (bicyclic) bond motifs is 1. The molecule has 1 heterocycles. The molecule has 1 aliphatic heterocycles. The van der Waals surface area contributed by atoms with Crippen LogP contribution in [-0.4, -0.2) is 25.4 Å². The molecule has 0 saturated heterocycles. The summed E-state index contributed by atoms with van der Waals surface area (Å²) < 4.78 is 11.3. The van der Waals surface area contributed by atoms with Gasteiger partial charge in [-0.15, -0.1) is 0 Å². The number of nitrogens with one attached hydrogen (secondary N) is 1. The van der Waals surface area contributed by atoms with Gasteiger partial charge in [0.2, 0.25) is 5.91 Å². The first-order chi connectivity index (χ1) is 18.0. The van der Waals surface area contributed by atoms with Gasteiger partial charge in [-0.3, -0.25) is 14.5 Å². The minimum absolute atomic E-state index is 0.0213. The summed E-state index contributed by atoms with van der Waals surface area (Å²) in [7, 11) is 1.65. The number of carbonyl (C=O) groups excluding carboxylic acids is 2. The molecular formula is C31H32N2O4. The molecule has 5 rings (SSSR count). The van der Waals surface area contributed by atoms with E-state index in [1.165, 1.54) is 0 Å². The van der Waals surface area contributed by atoms with E-state index in [4.69, 9.17) is 9.47 Å². The van der Waals surface area contributed by atoms with Crippen LogP contribution in [-0.2, 0) is 9.59 Å². The van der Waals surface area contributed by atoms with Crippen molar-refractivity contribution in [2.24, 2.45) is 0 Å². The highest BCUT2D eigenvalue weighted by molar-refractivity contribution is 6.06. The van der Waals surface area contributed by atoms with Crippen LogP contribution in [0.2, 0.25) is 0 Å². The van der Waals surface area contributed by atoms with Crippen molar-refractivity contribution < 1.29 is 19.1 Å². The van der Waals surface area contributed by atoms with Gasteiger partial charge in [0.1, 0.15) is 11.5 Å². The maximum atomic E-state index is 14.0. The number of methoxy groups -OCH3 is 1. The number of amides is 1. The average molecular weight is 497 g/mol. The summed E-state index contributed by atoms with van der Waals surface area (Å²) >= 11 is 0. The van der Waals surface area contributed by atoms with Crippen molar-refractivity contribution in [1.29, 1.82) is 0 Å². The fourth-order valence-corrected chi connectivity index (χ4v) is 5.44. The van der Waals surface area contributed by atoms with Gasteiger partial charge < -0.3 is 14.8 Å². The number of carbonyl (C=O) groups is 2. The van der Waals surface area contributed by atoms with Gasteiger partial charge in [0, 0.05) is 29.7 Å². The van der Waals surface area contributed by atoms with Crippen LogP contribution in [0.4, 0.5) is 11.4 Å². The number of Topliss-reactive ketones (excluding diaryl/α,β-unsaturated/α-hetero) is 1. The zero-order chi connectivity index (χ0) is 25.9. The fraction of sp³-hybridized carbons (Fsp3) is 0.290. The minimum Gasteiger partial charge on any atom is -0.497 e. The third-order valence-corrected chi connectivity index (χ3v) is 7.16. The van der Waals surface area contributed by atoms with E-state index in [1.807, 2.05) is 86.6 Å². The lowest BCUT2D eigenvalue weighted by atomic mass is 9.78. The normalized spacial score (nSPS) is 18.9. The van der Waals surface area contributed by atoms with E-state index in [1.54, 1.807) is 12.0 Å². The molecule has 0 bridgehead atoms. The van der Waals surface area contributed by atoms with Gasteiger partial charge in [-0.1, -0.05) is 49.4 Å². The summed E-state index contributed by atoms with van der Waals surface area (Å²) in [6.07, 6.45) is 1.33. The molecule has 3 aromatic carbocycles. The van der Waals surface area contributed by atoms with Crippen molar-refractivity contribution in [1.82, 2.24) is 0 Å². The Morgan fingerprint density at radius 2 is 1.70 bits per heavy atom. The van der Waals surface area contributed by atoms with E-state index in [2.05, 4.69) is 5.32 Å². The molecule has 0 unspecified atom stereocenters. The number of anilines is 2. The molecule has 1 aliphatic carbocycles. The molecule has 0 spiro atoms. The van der Waals surface area contributed by atoms with Gasteiger partial charge in [-0.25, -0.2) is 0 Å². The van der Waals surface area contributed by atoms with Crippen molar-refractivity contribution in [2.75, 3.05) is 23.9 Å². The number of rotatable bonds is 6. The van der Waals surface area contributed by atoms with E-state index in [9.17, 15) is 9.59 Å².